The molecule has 0 spiro atoms. The number of aromatic nitrogens is 4. The molecule has 66 valence electrons. The van der Waals surface area contributed by atoms with Gasteiger partial charge in [-0.1, -0.05) is 11.6 Å². The summed E-state index contributed by atoms with van der Waals surface area (Å²) in [5, 5.41) is 7.14. The quantitative estimate of drug-likeness (QED) is 0.706. The molecule has 0 amide bonds. The molecule has 0 bridgehead atoms. The van der Waals surface area contributed by atoms with Crippen molar-refractivity contribution in [3.05, 3.63) is 17.2 Å². The Morgan fingerprint density at radius 2 is 2.23 bits per heavy atom. The minimum absolute atomic E-state index is 0.452. The van der Waals surface area contributed by atoms with Gasteiger partial charge in [-0.15, -0.1) is 0 Å². The number of hydrogen-bond acceptors (Lipinski definition) is 3. The fourth-order valence-electron chi connectivity index (χ4n) is 1.35. The van der Waals surface area contributed by atoms with Gasteiger partial charge in [0.25, 0.3) is 0 Å². The second-order valence-electron chi connectivity index (χ2n) is 3.27. The summed E-state index contributed by atoms with van der Waals surface area (Å²) in [5.41, 5.74) is 1.47. The molecule has 13 heavy (non-hydrogen) atoms. The summed E-state index contributed by atoms with van der Waals surface area (Å²) in [6.07, 6.45) is 4.11. The number of H-pyrrole nitrogens is 1. The van der Waals surface area contributed by atoms with Gasteiger partial charge in [0.2, 0.25) is 0 Å². The van der Waals surface area contributed by atoms with E-state index in [2.05, 4.69) is 20.2 Å². The summed E-state index contributed by atoms with van der Waals surface area (Å²) in [6.45, 7) is 0. The van der Waals surface area contributed by atoms with E-state index >= 15 is 0 Å². The van der Waals surface area contributed by atoms with E-state index in [1.165, 1.54) is 12.8 Å². The smallest absolute Gasteiger partial charge is 0.160 e. The van der Waals surface area contributed by atoms with Crippen LogP contribution in [0.25, 0.3) is 11.0 Å². The van der Waals surface area contributed by atoms with Gasteiger partial charge in [0.15, 0.2) is 5.15 Å². The Morgan fingerprint density at radius 1 is 1.38 bits per heavy atom. The lowest BCUT2D eigenvalue weighted by molar-refractivity contribution is 0.947. The summed E-state index contributed by atoms with van der Waals surface area (Å²) < 4.78 is 0. The molecule has 1 N–H and O–H groups in total. The molecule has 0 atom stereocenters. The molecule has 2 heterocycles. The maximum Gasteiger partial charge on any atom is 0.160 e. The van der Waals surface area contributed by atoms with Crippen LogP contribution in [0.3, 0.4) is 0 Å². The van der Waals surface area contributed by atoms with Crippen LogP contribution in [0.5, 0.6) is 0 Å². The monoisotopic (exact) mass is 194 g/mol. The number of fused-ring (bicyclic) bond motifs is 1. The summed E-state index contributed by atoms with van der Waals surface area (Å²) in [7, 11) is 0. The molecule has 3 rings (SSSR count). The van der Waals surface area contributed by atoms with E-state index in [1.807, 2.05) is 0 Å². The highest BCUT2D eigenvalue weighted by Crippen LogP contribution is 2.38. The topological polar surface area (TPSA) is 54.5 Å². The summed E-state index contributed by atoms with van der Waals surface area (Å²) in [4.78, 5) is 8.58. The molecule has 1 aliphatic rings. The molecule has 1 saturated carbocycles. The van der Waals surface area contributed by atoms with Crippen LogP contribution < -0.4 is 0 Å². The maximum atomic E-state index is 5.94. The Kier molecular flexibility index (Phi) is 1.35. The van der Waals surface area contributed by atoms with Crippen LogP contribution >= 0.6 is 11.6 Å². The van der Waals surface area contributed by atoms with Gasteiger partial charge in [-0.3, -0.25) is 5.10 Å². The maximum absolute atomic E-state index is 5.94. The number of aromatic amines is 1. The van der Waals surface area contributed by atoms with Gasteiger partial charge in [0, 0.05) is 12.1 Å². The molecule has 1 aliphatic carbocycles. The van der Waals surface area contributed by atoms with E-state index in [0.717, 1.165) is 11.3 Å². The van der Waals surface area contributed by atoms with Crippen molar-refractivity contribution in [1.29, 1.82) is 0 Å². The van der Waals surface area contributed by atoms with Crippen LogP contribution in [-0.2, 0) is 0 Å². The van der Waals surface area contributed by atoms with E-state index in [1.54, 1.807) is 6.20 Å². The van der Waals surface area contributed by atoms with Crippen molar-refractivity contribution < 1.29 is 0 Å². The molecule has 0 radical (unpaired) electrons. The van der Waals surface area contributed by atoms with E-state index < -0.39 is 0 Å². The van der Waals surface area contributed by atoms with Crippen LogP contribution in [0.15, 0.2) is 6.20 Å². The Bertz CT molecular complexity index is 460. The van der Waals surface area contributed by atoms with Crippen molar-refractivity contribution in [1.82, 2.24) is 20.2 Å². The van der Waals surface area contributed by atoms with Gasteiger partial charge in [-0.25, -0.2) is 9.97 Å². The second kappa shape index (κ2) is 2.42. The van der Waals surface area contributed by atoms with Crippen LogP contribution in [0.2, 0.25) is 5.15 Å². The first-order chi connectivity index (χ1) is 6.34. The molecule has 5 heteroatoms. The number of rotatable bonds is 1. The van der Waals surface area contributed by atoms with Crippen LogP contribution in [-0.4, -0.2) is 20.2 Å². The first-order valence-electron chi connectivity index (χ1n) is 4.21. The molecule has 0 unspecified atom stereocenters. The lowest BCUT2D eigenvalue weighted by Gasteiger charge is -1.96. The van der Waals surface area contributed by atoms with Gasteiger partial charge in [-0.05, 0) is 12.8 Å². The van der Waals surface area contributed by atoms with Crippen LogP contribution in [0.1, 0.15) is 24.6 Å². The minimum Gasteiger partial charge on any atom is -0.283 e. The van der Waals surface area contributed by atoms with Crippen molar-refractivity contribution in [2.75, 3.05) is 0 Å². The highest BCUT2D eigenvalue weighted by molar-refractivity contribution is 6.33. The van der Waals surface area contributed by atoms with Crippen molar-refractivity contribution in [3.8, 4) is 0 Å². The Morgan fingerprint density at radius 3 is 3.00 bits per heavy atom. The van der Waals surface area contributed by atoms with E-state index in [0.29, 0.717) is 16.6 Å². The number of nitrogens with zero attached hydrogens (tertiary/aromatic N) is 3. The summed E-state index contributed by atoms with van der Waals surface area (Å²) in [6, 6.07) is 0. The molecular weight excluding hydrogens is 188 g/mol. The minimum atomic E-state index is 0.452. The number of hydrogen-bond donors (Lipinski definition) is 1. The third-order valence-corrected chi connectivity index (χ3v) is 2.47. The molecule has 1 fully saturated rings. The van der Waals surface area contributed by atoms with Gasteiger partial charge in [-0.2, -0.15) is 5.10 Å². The Labute approximate surface area is 79.3 Å². The molecule has 0 saturated heterocycles. The predicted molar refractivity (Wildman–Crippen MR) is 48.7 cm³/mol. The number of nitrogens with one attached hydrogen (secondary N) is 1. The molecule has 0 aliphatic heterocycles. The first kappa shape index (κ1) is 7.26. The zero-order valence-corrected chi connectivity index (χ0v) is 7.54. The normalized spacial score (nSPS) is 16.7. The number of halogens is 1. The largest absolute Gasteiger partial charge is 0.283 e. The molecule has 4 nitrogen and oxygen atoms in total. The van der Waals surface area contributed by atoms with Crippen LogP contribution in [0.4, 0.5) is 0 Å². The fraction of sp³-hybridized carbons (Fsp3) is 0.375. The third-order valence-electron chi connectivity index (χ3n) is 2.21. The van der Waals surface area contributed by atoms with E-state index in [-0.39, 0.29) is 0 Å². The zero-order valence-electron chi connectivity index (χ0n) is 6.79. The van der Waals surface area contributed by atoms with Crippen LogP contribution in [0, 0.1) is 0 Å². The molecule has 2 aromatic heterocycles. The molecule has 2 aromatic rings. The Hall–Kier alpha value is -1.16. The Balaban J connectivity index is 2.27. The van der Waals surface area contributed by atoms with Gasteiger partial charge < -0.3 is 0 Å². The van der Waals surface area contributed by atoms with E-state index in [9.17, 15) is 0 Å². The molecule has 0 aromatic carbocycles. The van der Waals surface area contributed by atoms with Gasteiger partial charge in [0.1, 0.15) is 16.9 Å². The fourth-order valence-corrected chi connectivity index (χ4v) is 1.57. The standard InChI is InChI=1S/C8H7ClN4/c9-7-6-5(3-10-13-6)11-8(12-7)4-1-2-4/h3-4H,1-2H2,(H,10,13). The van der Waals surface area contributed by atoms with E-state index in [4.69, 9.17) is 11.6 Å². The van der Waals surface area contributed by atoms with Crippen molar-refractivity contribution in [2.45, 2.75) is 18.8 Å². The SMILES string of the molecule is Clc1nc(C2CC2)nc2c[nH]nc12. The molecular formula is C8H7ClN4. The second-order valence-corrected chi connectivity index (χ2v) is 3.62. The summed E-state index contributed by atoms with van der Waals surface area (Å²) in [5.74, 6) is 1.38. The highest BCUT2D eigenvalue weighted by atomic mass is 35.5. The van der Waals surface area contributed by atoms with Crippen molar-refractivity contribution >= 4 is 22.6 Å². The van der Waals surface area contributed by atoms with Crippen molar-refractivity contribution in [3.63, 3.8) is 0 Å². The van der Waals surface area contributed by atoms with Gasteiger partial charge in [0.05, 0.1) is 0 Å². The zero-order chi connectivity index (χ0) is 8.84. The highest BCUT2D eigenvalue weighted by Gasteiger charge is 2.27. The average molecular weight is 195 g/mol. The predicted octanol–water partition coefficient (Wildman–Crippen LogP) is 1.88. The summed E-state index contributed by atoms with van der Waals surface area (Å²) >= 11 is 5.94. The first-order valence-corrected chi connectivity index (χ1v) is 4.59. The lowest BCUT2D eigenvalue weighted by atomic mass is 10.3. The average Bonchev–Trinajstić information content (AvgIpc) is 2.85. The van der Waals surface area contributed by atoms with Crippen molar-refractivity contribution in [2.24, 2.45) is 0 Å². The van der Waals surface area contributed by atoms with Gasteiger partial charge >= 0.3 is 0 Å². The lowest BCUT2D eigenvalue weighted by Crippen LogP contribution is -1.92. The third kappa shape index (κ3) is 1.09.